The lowest BCUT2D eigenvalue weighted by Crippen LogP contribution is -2.52. The molecule has 0 aromatic carbocycles. The van der Waals surface area contributed by atoms with Gasteiger partial charge >= 0.3 is 6.09 Å². The number of nitrogens with zero attached hydrogens (tertiary/aromatic N) is 4. The highest BCUT2D eigenvalue weighted by Gasteiger charge is 2.34. The average molecular weight is 389 g/mol. The lowest BCUT2D eigenvalue weighted by molar-refractivity contribution is -0.00383. The zero-order valence-corrected chi connectivity index (χ0v) is 16.2. The van der Waals surface area contributed by atoms with Crippen LogP contribution in [-0.4, -0.2) is 50.4 Å². The van der Waals surface area contributed by atoms with E-state index in [-0.39, 0.29) is 30.2 Å². The van der Waals surface area contributed by atoms with Gasteiger partial charge in [0.1, 0.15) is 11.4 Å². The van der Waals surface area contributed by atoms with E-state index < -0.39 is 11.4 Å². The van der Waals surface area contributed by atoms with Crippen LogP contribution in [0.1, 0.15) is 36.8 Å². The van der Waals surface area contributed by atoms with Crippen LogP contribution in [0.15, 0.2) is 30.7 Å². The van der Waals surface area contributed by atoms with E-state index in [1.165, 1.54) is 24.5 Å². The second-order valence-electron chi connectivity index (χ2n) is 7.82. The summed E-state index contributed by atoms with van der Waals surface area (Å²) in [5.41, 5.74) is 0.0598. The molecule has 2 aromatic rings. The molecule has 150 valence electrons. The third kappa shape index (κ3) is 5.05. The van der Waals surface area contributed by atoms with E-state index >= 15 is 0 Å². The van der Waals surface area contributed by atoms with Crippen molar-refractivity contribution in [3.8, 4) is 0 Å². The summed E-state index contributed by atoms with van der Waals surface area (Å²) < 4.78 is 20.5. The maximum absolute atomic E-state index is 13.5. The minimum absolute atomic E-state index is 0.00413. The number of halogens is 1. The van der Waals surface area contributed by atoms with E-state index in [1.807, 2.05) is 20.8 Å². The van der Waals surface area contributed by atoms with Gasteiger partial charge in [-0.25, -0.2) is 9.18 Å². The van der Waals surface area contributed by atoms with Crippen molar-refractivity contribution in [1.29, 1.82) is 0 Å². The zero-order chi connectivity index (χ0) is 20.3. The molecule has 0 atom stereocenters. The average Bonchev–Trinajstić information content (AvgIpc) is 3.04. The SMILES string of the molecule is CC(C)(C)OC(=O)N1CC(Cn2cc(C(=O)NCc3ncccc3F)cn2)C1. The Morgan fingerprint density at radius 2 is 2.11 bits per heavy atom. The molecule has 0 radical (unpaired) electrons. The van der Waals surface area contributed by atoms with Crippen LogP contribution in [0.25, 0.3) is 0 Å². The first-order valence-corrected chi connectivity index (χ1v) is 9.09. The molecule has 2 amide bonds. The topological polar surface area (TPSA) is 89.4 Å². The van der Waals surface area contributed by atoms with Crippen molar-refractivity contribution in [1.82, 2.24) is 25.0 Å². The van der Waals surface area contributed by atoms with E-state index in [9.17, 15) is 14.0 Å². The molecule has 8 nitrogen and oxygen atoms in total. The maximum Gasteiger partial charge on any atom is 0.410 e. The molecule has 0 saturated carbocycles. The zero-order valence-electron chi connectivity index (χ0n) is 16.2. The Morgan fingerprint density at radius 3 is 2.79 bits per heavy atom. The normalized spacial score (nSPS) is 14.5. The van der Waals surface area contributed by atoms with Crippen molar-refractivity contribution in [3.63, 3.8) is 0 Å². The quantitative estimate of drug-likeness (QED) is 0.847. The van der Waals surface area contributed by atoms with Crippen molar-refractivity contribution in [3.05, 3.63) is 47.8 Å². The van der Waals surface area contributed by atoms with E-state index in [0.29, 0.717) is 25.2 Å². The molecular formula is C19H24FN5O3. The summed E-state index contributed by atoms with van der Waals surface area (Å²) in [6.45, 7) is 7.29. The number of rotatable bonds is 5. The van der Waals surface area contributed by atoms with Crippen molar-refractivity contribution in [2.24, 2.45) is 5.92 Å². The Hall–Kier alpha value is -2.97. The van der Waals surface area contributed by atoms with E-state index in [2.05, 4.69) is 15.4 Å². The van der Waals surface area contributed by atoms with Gasteiger partial charge in [-0.1, -0.05) is 0 Å². The van der Waals surface area contributed by atoms with Gasteiger partial charge in [0.15, 0.2) is 0 Å². The molecule has 3 rings (SSSR count). The van der Waals surface area contributed by atoms with Gasteiger partial charge in [0.25, 0.3) is 5.91 Å². The number of amides is 2. The summed E-state index contributed by atoms with van der Waals surface area (Å²) in [7, 11) is 0. The highest BCUT2D eigenvalue weighted by Crippen LogP contribution is 2.21. The standard InChI is InChI=1S/C19H24FN5O3/c1-19(2,3)28-18(27)24-9-13(10-24)11-25-12-14(7-23-25)17(26)22-8-16-15(20)5-4-6-21-16/h4-7,12-13H,8-11H2,1-3H3,(H,22,26). The van der Waals surface area contributed by atoms with E-state index in [1.54, 1.807) is 15.8 Å². The monoisotopic (exact) mass is 389 g/mol. The molecule has 28 heavy (non-hydrogen) atoms. The Labute approximate surface area is 162 Å². The fourth-order valence-electron chi connectivity index (χ4n) is 2.82. The van der Waals surface area contributed by atoms with Crippen molar-refractivity contribution in [2.75, 3.05) is 13.1 Å². The Balaban J connectivity index is 1.45. The van der Waals surface area contributed by atoms with Crippen LogP contribution in [0, 0.1) is 11.7 Å². The van der Waals surface area contributed by atoms with Crippen molar-refractivity contribution in [2.45, 2.75) is 39.5 Å². The van der Waals surface area contributed by atoms with Gasteiger partial charge in [0, 0.05) is 37.9 Å². The smallest absolute Gasteiger partial charge is 0.410 e. The summed E-state index contributed by atoms with van der Waals surface area (Å²) >= 11 is 0. The fraction of sp³-hybridized carbons (Fsp3) is 0.474. The highest BCUT2D eigenvalue weighted by atomic mass is 19.1. The maximum atomic E-state index is 13.5. The third-order valence-electron chi connectivity index (χ3n) is 4.20. The number of carbonyl (C=O) groups is 2. The van der Waals surface area contributed by atoms with Crippen LogP contribution in [-0.2, 0) is 17.8 Å². The molecule has 2 aromatic heterocycles. The largest absolute Gasteiger partial charge is 0.444 e. The molecule has 1 aliphatic rings. The minimum atomic E-state index is -0.509. The molecule has 1 saturated heterocycles. The molecule has 1 fully saturated rings. The number of ether oxygens (including phenoxy) is 1. The lowest BCUT2D eigenvalue weighted by atomic mass is 10.0. The van der Waals surface area contributed by atoms with E-state index in [0.717, 1.165) is 0 Å². The summed E-state index contributed by atoms with van der Waals surface area (Å²) in [4.78, 5) is 29.7. The van der Waals surface area contributed by atoms with Crippen LogP contribution < -0.4 is 5.32 Å². The molecular weight excluding hydrogens is 365 g/mol. The van der Waals surface area contributed by atoms with Crippen LogP contribution >= 0.6 is 0 Å². The highest BCUT2D eigenvalue weighted by molar-refractivity contribution is 5.93. The number of carbonyl (C=O) groups excluding carboxylic acids is 2. The first kappa shape index (κ1) is 19.8. The molecule has 9 heteroatoms. The number of aromatic nitrogens is 3. The first-order chi connectivity index (χ1) is 13.2. The van der Waals surface area contributed by atoms with Gasteiger partial charge in [-0.15, -0.1) is 0 Å². The molecule has 3 heterocycles. The van der Waals surface area contributed by atoms with Crippen LogP contribution in [0.3, 0.4) is 0 Å². The summed E-state index contributed by atoms with van der Waals surface area (Å²) in [6.07, 6.45) is 4.27. The second-order valence-corrected chi connectivity index (χ2v) is 7.82. The number of likely N-dealkylation sites (tertiary alicyclic amines) is 1. The number of hydrogen-bond acceptors (Lipinski definition) is 5. The van der Waals surface area contributed by atoms with Crippen LogP contribution in [0.2, 0.25) is 0 Å². The molecule has 0 unspecified atom stereocenters. The molecule has 1 N–H and O–H groups in total. The van der Waals surface area contributed by atoms with Gasteiger partial charge in [0.05, 0.1) is 24.0 Å². The Kier molecular flexibility index (Phi) is 5.62. The summed E-state index contributed by atoms with van der Waals surface area (Å²) in [5, 5.41) is 6.82. The lowest BCUT2D eigenvalue weighted by Gasteiger charge is -2.39. The molecule has 0 bridgehead atoms. The van der Waals surface area contributed by atoms with E-state index in [4.69, 9.17) is 4.74 Å². The second kappa shape index (κ2) is 7.95. The van der Waals surface area contributed by atoms with Crippen LogP contribution in [0.5, 0.6) is 0 Å². The van der Waals surface area contributed by atoms with Crippen molar-refractivity contribution >= 4 is 12.0 Å². The number of pyridine rings is 1. The van der Waals surface area contributed by atoms with Gasteiger partial charge in [0.2, 0.25) is 0 Å². The predicted octanol–water partition coefficient (Wildman–Crippen LogP) is 2.21. The Morgan fingerprint density at radius 1 is 1.36 bits per heavy atom. The molecule has 1 aliphatic heterocycles. The predicted molar refractivity (Wildman–Crippen MR) is 98.9 cm³/mol. The number of nitrogens with one attached hydrogen (secondary N) is 1. The van der Waals surface area contributed by atoms with Crippen LogP contribution in [0.4, 0.5) is 9.18 Å². The Bertz CT molecular complexity index is 855. The van der Waals surface area contributed by atoms with Gasteiger partial charge in [-0.3, -0.25) is 14.5 Å². The summed E-state index contributed by atoms with van der Waals surface area (Å²) in [5.74, 6) is -0.552. The fourth-order valence-corrected chi connectivity index (χ4v) is 2.82. The third-order valence-corrected chi connectivity index (χ3v) is 4.20. The molecule has 0 aliphatic carbocycles. The van der Waals surface area contributed by atoms with Gasteiger partial charge < -0.3 is 15.0 Å². The van der Waals surface area contributed by atoms with Gasteiger partial charge in [-0.05, 0) is 32.9 Å². The molecule has 0 spiro atoms. The minimum Gasteiger partial charge on any atom is -0.444 e. The first-order valence-electron chi connectivity index (χ1n) is 9.09. The number of hydrogen-bond donors (Lipinski definition) is 1. The van der Waals surface area contributed by atoms with Gasteiger partial charge in [-0.2, -0.15) is 5.10 Å². The van der Waals surface area contributed by atoms with Crippen molar-refractivity contribution < 1.29 is 18.7 Å². The summed E-state index contributed by atoms with van der Waals surface area (Å²) in [6, 6.07) is 2.79.